The molecule has 0 aliphatic rings. The van der Waals surface area contributed by atoms with Gasteiger partial charge < -0.3 is 20.0 Å². The Labute approximate surface area is 186 Å². The highest BCUT2D eigenvalue weighted by atomic mass is 16.4. The molecule has 4 aromatic rings. The topological polar surface area (TPSA) is 100 Å². The van der Waals surface area contributed by atoms with Gasteiger partial charge in [0.15, 0.2) is 0 Å². The van der Waals surface area contributed by atoms with Crippen LogP contribution in [0.15, 0.2) is 65.2 Å². The highest BCUT2D eigenvalue weighted by molar-refractivity contribution is 5.89. The predicted octanol–water partition coefficient (Wildman–Crippen LogP) is 3.54. The first-order valence-electron chi connectivity index (χ1n) is 10.6. The maximum atomic E-state index is 12.9. The van der Waals surface area contributed by atoms with Crippen LogP contribution >= 0.6 is 0 Å². The van der Waals surface area contributed by atoms with E-state index in [9.17, 15) is 9.59 Å². The highest BCUT2D eigenvalue weighted by Gasteiger charge is 2.21. The Kier molecular flexibility index (Phi) is 6.35. The largest absolute Gasteiger partial charge is 0.441 e. The van der Waals surface area contributed by atoms with Crippen molar-refractivity contribution in [1.82, 2.24) is 20.6 Å². The molecule has 0 radical (unpaired) electrons. The van der Waals surface area contributed by atoms with E-state index in [1.165, 1.54) is 6.92 Å². The van der Waals surface area contributed by atoms with Crippen molar-refractivity contribution in [1.29, 1.82) is 0 Å². The van der Waals surface area contributed by atoms with Gasteiger partial charge in [-0.1, -0.05) is 36.4 Å². The molecule has 3 N–H and O–H groups in total. The van der Waals surface area contributed by atoms with E-state index in [-0.39, 0.29) is 11.8 Å². The molecule has 2 amide bonds. The second-order valence-corrected chi connectivity index (χ2v) is 7.75. The van der Waals surface area contributed by atoms with Crippen LogP contribution in [0, 0.1) is 6.92 Å². The lowest BCUT2D eigenvalue weighted by molar-refractivity contribution is -0.128. The summed E-state index contributed by atoms with van der Waals surface area (Å²) in [6.07, 6.45) is 2.82. The first-order chi connectivity index (χ1) is 15.5. The molecule has 0 bridgehead atoms. The molecular weight excluding hydrogens is 404 g/mol. The number of hydrogen-bond acceptors (Lipinski definition) is 4. The second kappa shape index (κ2) is 9.51. The van der Waals surface area contributed by atoms with Crippen molar-refractivity contribution in [3.05, 3.63) is 77.8 Å². The number of fused-ring (bicyclic) bond motifs is 1. The fourth-order valence-corrected chi connectivity index (χ4v) is 3.77. The smallest absolute Gasteiger partial charge is 0.242 e. The standard InChI is InChI=1S/C25H26N4O3/c1-16-21(29-25(32-16)18-8-4-3-5-9-18)12-13-26-24(31)23(28-17(2)30)14-19-15-27-22-11-7-6-10-20(19)22/h3-11,15,23,27H,12-14H2,1-2H3,(H,26,31)(H,28,30)/t23-/m1/s1. The van der Waals surface area contributed by atoms with Crippen molar-refractivity contribution in [2.24, 2.45) is 0 Å². The first-order valence-corrected chi connectivity index (χ1v) is 10.6. The van der Waals surface area contributed by atoms with E-state index in [4.69, 9.17) is 4.42 Å². The lowest BCUT2D eigenvalue weighted by Crippen LogP contribution is -2.47. The molecule has 164 valence electrons. The predicted molar refractivity (Wildman–Crippen MR) is 123 cm³/mol. The summed E-state index contributed by atoms with van der Waals surface area (Å²) in [5.41, 5.74) is 3.70. The Morgan fingerprint density at radius 2 is 1.84 bits per heavy atom. The zero-order valence-corrected chi connectivity index (χ0v) is 18.1. The lowest BCUT2D eigenvalue weighted by atomic mass is 10.0. The Hall–Kier alpha value is -3.87. The molecule has 0 aliphatic heterocycles. The molecule has 0 unspecified atom stereocenters. The number of aromatic nitrogens is 2. The minimum Gasteiger partial charge on any atom is -0.441 e. The van der Waals surface area contributed by atoms with Crippen LogP contribution in [-0.2, 0) is 22.4 Å². The van der Waals surface area contributed by atoms with E-state index in [1.807, 2.05) is 67.7 Å². The van der Waals surface area contributed by atoms with Crippen LogP contribution in [0.5, 0.6) is 0 Å². The number of aryl methyl sites for hydroxylation is 1. The molecule has 7 nitrogen and oxygen atoms in total. The van der Waals surface area contributed by atoms with E-state index in [2.05, 4.69) is 20.6 Å². The van der Waals surface area contributed by atoms with Crippen molar-refractivity contribution < 1.29 is 14.0 Å². The van der Waals surface area contributed by atoms with Crippen LogP contribution in [0.4, 0.5) is 0 Å². The summed E-state index contributed by atoms with van der Waals surface area (Å²) in [7, 11) is 0. The summed E-state index contributed by atoms with van der Waals surface area (Å²) in [5.74, 6) is 0.829. The molecule has 1 atom stereocenters. The summed E-state index contributed by atoms with van der Waals surface area (Å²) in [6.45, 7) is 3.68. The number of hydrogen-bond donors (Lipinski definition) is 3. The van der Waals surface area contributed by atoms with Gasteiger partial charge >= 0.3 is 0 Å². The highest BCUT2D eigenvalue weighted by Crippen LogP contribution is 2.22. The van der Waals surface area contributed by atoms with Crippen LogP contribution in [-0.4, -0.2) is 34.4 Å². The molecule has 2 aromatic carbocycles. The summed E-state index contributed by atoms with van der Waals surface area (Å²) in [5, 5.41) is 6.74. The molecule has 2 aromatic heterocycles. The zero-order valence-electron chi connectivity index (χ0n) is 18.1. The monoisotopic (exact) mass is 430 g/mol. The fraction of sp³-hybridized carbons (Fsp3) is 0.240. The van der Waals surface area contributed by atoms with Crippen LogP contribution < -0.4 is 10.6 Å². The number of nitrogens with zero attached hydrogens (tertiary/aromatic N) is 1. The first kappa shape index (κ1) is 21.4. The Balaban J connectivity index is 1.40. The number of H-pyrrole nitrogens is 1. The number of rotatable bonds is 8. The van der Waals surface area contributed by atoms with Crippen molar-refractivity contribution in [3.8, 4) is 11.5 Å². The Bertz CT molecular complexity index is 1230. The van der Waals surface area contributed by atoms with Crippen LogP contribution in [0.2, 0.25) is 0 Å². The van der Waals surface area contributed by atoms with Gasteiger partial charge in [0.05, 0.1) is 5.69 Å². The number of amides is 2. The fourth-order valence-electron chi connectivity index (χ4n) is 3.77. The van der Waals surface area contributed by atoms with E-state index < -0.39 is 6.04 Å². The van der Waals surface area contributed by atoms with Gasteiger partial charge in [-0.3, -0.25) is 9.59 Å². The van der Waals surface area contributed by atoms with Crippen molar-refractivity contribution in [3.63, 3.8) is 0 Å². The summed E-state index contributed by atoms with van der Waals surface area (Å²) >= 11 is 0. The molecule has 32 heavy (non-hydrogen) atoms. The van der Waals surface area contributed by atoms with E-state index in [0.29, 0.717) is 25.3 Å². The number of para-hydroxylation sites is 1. The van der Waals surface area contributed by atoms with Gasteiger partial charge in [-0.05, 0) is 30.7 Å². The minimum absolute atomic E-state index is 0.227. The van der Waals surface area contributed by atoms with Gasteiger partial charge in [0, 0.05) is 49.0 Å². The lowest BCUT2D eigenvalue weighted by Gasteiger charge is -2.17. The average Bonchev–Trinajstić information content (AvgIpc) is 3.37. The summed E-state index contributed by atoms with van der Waals surface area (Å²) in [4.78, 5) is 32.4. The van der Waals surface area contributed by atoms with Gasteiger partial charge in [-0.2, -0.15) is 0 Å². The Morgan fingerprint density at radius 1 is 1.09 bits per heavy atom. The van der Waals surface area contributed by atoms with Crippen LogP contribution in [0.25, 0.3) is 22.4 Å². The van der Waals surface area contributed by atoms with Crippen molar-refractivity contribution in [2.45, 2.75) is 32.7 Å². The number of carbonyl (C=O) groups is 2. The second-order valence-electron chi connectivity index (χ2n) is 7.75. The zero-order chi connectivity index (χ0) is 22.5. The van der Waals surface area contributed by atoms with E-state index in [0.717, 1.165) is 33.5 Å². The maximum absolute atomic E-state index is 12.9. The van der Waals surface area contributed by atoms with Crippen LogP contribution in [0.1, 0.15) is 23.9 Å². The Morgan fingerprint density at radius 3 is 2.62 bits per heavy atom. The SMILES string of the molecule is CC(=O)N[C@H](Cc1c[nH]c2ccccc12)C(=O)NCCc1nc(-c2ccccc2)oc1C. The van der Waals surface area contributed by atoms with Gasteiger partial charge in [0.2, 0.25) is 17.7 Å². The number of oxazole rings is 1. The van der Waals surface area contributed by atoms with E-state index >= 15 is 0 Å². The molecule has 0 saturated carbocycles. The quantitative estimate of drug-likeness (QED) is 0.398. The van der Waals surface area contributed by atoms with E-state index in [1.54, 1.807) is 0 Å². The third-order valence-corrected chi connectivity index (χ3v) is 5.37. The maximum Gasteiger partial charge on any atom is 0.242 e. The van der Waals surface area contributed by atoms with Gasteiger partial charge in [-0.15, -0.1) is 0 Å². The van der Waals surface area contributed by atoms with Crippen molar-refractivity contribution in [2.75, 3.05) is 6.54 Å². The molecule has 7 heteroatoms. The number of nitrogens with one attached hydrogen (secondary N) is 3. The number of benzene rings is 2. The number of carbonyl (C=O) groups excluding carboxylic acids is 2. The molecule has 2 heterocycles. The molecule has 0 saturated heterocycles. The number of aromatic amines is 1. The molecule has 0 fully saturated rings. The molecule has 0 spiro atoms. The summed E-state index contributed by atoms with van der Waals surface area (Å²) in [6, 6.07) is 16.9. The molecular formula is C25H26N4O3. The van der Waals surface area contributed by atoms with Crippen molar-refractivity contribution >= 4 is 22.7 Å². The van der Waals surface area contributed by atoms with Gasteiger partial charge in [0.25, 0.3) is 0 Å². The molecule has 0 aliphatic carbocycles. The third kappa shape index (κ3) is 4.88. The van der Waals surface area contributed by atoms with Crippen LogP contribution in [0.3, 0.4) is 0 Å². The average molecular weight is 431 g/mol. The normalized spacial score (nSPS) is 11.9. The molecule has 4 rings (SSSR count). The van der Waals surface area contributed by atoms with Gasteiger partial charge in [0.1, 0.15) is 11.8 Å². The minimum atomic E-state index is -0.662. The van der Waals surface area contributed by atoms with Gasteiger partial charge in [-0.25, -0.2) is 4.98 Å². The third-order valence-electron chi connectivity index (χ3n) is 5.37. The summed E-state index contributed by atoms with van der Waals surface area (Å²) < 4.78 is 5.79.